The van der Waals surface area contributed by atoms with E-state index in [2.05, 4.69) is 5.32 Å². The lowest BCUT2D eigenvalue weighted by Crippen LogP contribution is -2.50. The highest BCUT2D eigenvalue weighted by molar-refractivity contribution is 6.53. The number of alkyl halides is 2. The molecule has 0 saturated carbocycles. The van der Waals surface area contributed by atoms with Gasteiger partial charge in [-0.25, -0.2) is 0 Å². The molecule has 2 atom stereocenters. The van der Waals surface area contributed by atoms with E-state index in [1.54, 1.807) is 31.2 Å². The van der Waals surface area contributed by atoms with E-state index in [9.17, 15) is 9.59 Å². The first kappa shape index (κ1) is 24.9. The maximum Gasteiger partial charge on any atom is 0.257 e. The van der Waals surface area contributed by atoms with Gasteiger partial charge < -0.3 is 25.4 Å². The van der Waals surface area contributed by atoms with Gasteiger partial charge in [0.05, 0.1) is 12.6 Å². The smallest absolute Gasteiger partial charge is 0.257 e. The third-order valence-corrected chi connectivity index (χ3v) is 4.70. The molecule has 0 bridgehead atoms. The van der Waals surface area contributed by atoms with Crippen molar-refractivity contribution in [2.45, 2.75) is 30.9 Å². The average molecular weight is 468 g/mol. The van der Waals surface area contributed by atoms with Crippen LogP contribution in [0.25, 0.3) is 0 Å². The molecule has 0 aliphatic rings. The highest BCUT2D eigenvalue weighted by atomic mass is 35.5. The fourth-order valence-corrected chi connectivity index (χ4v) is 3.00. The molecule has 0 heterocycles. The van der Waals surface area contributed by atoms with Crippen LogP contribution in [0.1, 0.15) is 25.6 Å². The van der Waals surface area contributed by atoms with Crippen molar-refractivity contribution in [3.63, 3.8) is 0 Å². The third-order valence-electron chi connectivity index (χ3n) is 4.33. The molecule has 2 aromatic carbocycles. The van der Waals surface area contributed by atoms with Crippen LogP contribution in [0, 0.1) is 0 Å². The van der Waals surface area contributed by atoms with Gasteiger partial charge in [-0.1, -0.05) is 53.5 Å². The summed E-state index contributed by atoms with van der Waals surface area (Å²) in [5.74, 6) is 0.316. The minimum Gasteiger partial charge on any atom is -0.457 e. The number of para-hydroxylation sites is 1. The number of nitrogens with two attached hydrogens (primary N) is 1. The number of hydrogen-bond acceptors (Lipinski definition) is 5. The maximum absolute atomic E-state index is 12.7. The zero-order valence-corrected chi connectivity index (χ0v) is 19.0. The minimum atomic E-state index is -1.29. The van der Waals surface area contributed by atoms with Gasteiger partial charge >= 0.3 is 0 Å². The quantitative estimate of drug-likeness (QED) is 0.299. The summed E-state index contributed by atoms with van der Waals surface area (Å²) in [5, 5.41) is 2.79. The summed E-state index contributed by atoms with van der Waals surface area (Å²) in [6, 6.07) is 15.6. The van der Waals surface area contributed by atoms with Gasteiger partial charge in [-0.15, -0.1) is 0 Å². The molecule has 2 rings (SSSR count). The van der Waals surface area contributed by atoms with Crippen LogP contribution < -0.4 is 15.8 Å². The van der Waals surface area contributed by atoms with E-state index in [-0.39, 0.29) is 13.2 Å². The van der Waals surface area contributed by atoms with Crippen LogP contribution in [0.3, 0.4) is 0 Å². The molecular formula is C22H27Cl2N3O4. The van der Waals surface area contributed by atoms with Gasteiger partial charge in [0.25, 0.3) is 5.91 Å². The summed E-state index contributed by atoms with van der Waals surface area (Å²) >= 11 is 11.7. The first-order valence-electron chi connectivity index (χ1n) is 9.88. The van der Waals surface area contributed by atoms with E-state index < -0.39 is 28.9 Å². The Morgan fingerprint density at radius 1 is 1.06 bits per heavy atom. The fraction of sp³-hybridized carbons (Fsp3) is 0.364. The number of nitrogens with one attached hydrogen (secondary N) is 1. The summed E-state index contributed by atoms with van der Waals surface area (Å²) in [5.41, 5.74) is 6.35. The molecule has 0 radical (unpaired) electrons. The predicted molar refractivity (Wildman–Crippen MR) is 121 cm³/mol. The Kier molecular flexibility index (Phi) is 10.1. The molecular weight excluding hydrogens is 441 g/mol. The third kappa shape index (κ3) is 7.70. The Balaban J connectivity index is 2.31. The second kappa shape index (κ2) is 12.5. The molecule has 0 aliphatic carbocycles. The first-order chi connectivity index (χ1) is 14.8. The monoisotopic (exact) mass is 467 g/mol. The second-order valence-corrected chi connectivity index (χ2v) is 7.81. The Bertz CT molecular complexity index is 832. The van der Waals surface area contributed by atoms with Crippen molar-refractivity contribution < 1.29 is 19.1 Å². The molecule has 7 nitrogen and oxygen atoms in total. The molecule has 0 aliphatic heterocycles. The Morgan fingerprint density at radius 2 is 1.68 bits per heavy atom. The van der Waals surface area contributed by atoms with Gasteiger partial charge in [0.1, 0.15) is 17.7 Å². The van der Waals surface area contributed by atoms with Crippen molar-refractivity contribution in [2.24, 2.45) is 5.73 Å². The molecule has 0 saturated heterocycles. The SMILES string of the molecule is CCOCCN(C(=O)C(Cl)Cl)C(NC(=O)C(C)N)c1ccc(Oc2ccccc2)cc1. The summed E-state index contributed by atoms with van der Waals surface area (Å²) in [6.45, 7) is 4.31. The van der Waals surface area contributed by atoms with E-state index in [0.717, 1.165) is 0 Å². The molecule has 2 unspecified atom stereocenters. The maximum atomic E-state index is 12.7. The van der Waals surface area contributed by atoms with Gasteiger partial charge in [-0.05, 0) is 43.7 Å². The van der Waals surface area contributed by atoms with Crippen LogP contribution in [-0.4, -0.2) is 47.4 Å². The molecule has 31 heavy (non-hydrogen) atoms. The number of benzene rings is 2. The van der Waals surface area contributed by atoms with Crippen LogP contribution in [0.15, 0.2) is 54.6 Å². The number of rotatable bonds is 11. The first-order valence-corrected chi connectivity index (χ1v) is 10.8. The van der Waals surface area contributed by atoms with Gasteiger partial charge in [0.15, 0.2) is 4.84 Å². The lowest BCUT2D eigenvalue weighted by atomic mass is 10.1. The van der Waals surface area contributed by atoms with E-state index in [0.29, 0.717) is 23.7 Å². The van der Waals surface area contributed by atoms with Crippen LogP contribution in [0.2, 0.25) is 0 Å². The van der Waals surface area contributed by atoms with E-state index in [4.69, 9.17) is 38.4 Å². The van der Waals surface area contributed by atoms with Crippen LogP contribution >= 0.6 is 23.2 Å². The molecule has 2 amide bonds. The summed E-state index contributed by atoms with van der Waals surface area (Å²) in [6.07, 6.45) is -0.836. The Labute approximate surface area is 192 Å². The zero-order valence-electron chi connectivity index (χ0n) is 17.5. The molecule has 0 spiro atoms. The normalized spacial score (nSPS) is 12.8. The highest BCUT2D eigenvalue weighted by Crippen LogP contribution is 2.26. The second-order valence-electron chi connectivity index (χ2n) is 6.71. The van der Waals surface area contributed by atoms with Crippen LogP contribution in [-0.2, 0) is 14.3 Å². The fourth-order valence-electron chi connectivity index (χ4n) is 2.75. The average Bonchev–Trinajstić information content (AvgIpc) is 2.76. The predicted octanol–water partition coefficient (Wildman–Crippen LogP) is 3.61. The number of hydrogen-bond donors (Lipinski definition) is 2. The molecule has 0 fully saturated rings. The van der Waals surface area contributed by atoms with Crippen molar-refractivity contribution >= 4 is 35.0 Å². The molecule has 9 heteroatoms. The molecule has 2 aromatic rings. The van der Waals surface area contributed by atoms with E-state index in [1.807, 2.05) is 37.3 Å². The summed E-state index contributed by atoms with van der Waals surface area (Å²) in [7, 11) is 0. The Hall–Kier alpha value is -2.32. The van der Waals surface area contributed by atoms with Crippen molar-refractivity contribution in [3.05, 3.63) is 60.2 Å². The van der Waals surface area contributed by atoms with E-state index >= 15 is 0 Å². The van der Waals surface area contributed by atoms with Crippen molar-refractivity contribution in [3.8, 4) is 11.5 Å². The molecule has 0 aromatic heterocycles. The largest absolute Gasteiger partial charge is 0.457 e. The standard InChI is InChI=1S/C22H27Cl2N3O4/c1-3-30-14-13-27(22(29)19(23)24)20(26-21(28)15(2)25)16-9-11-18(12-10-16)31-17-7-5-4-6-8-17/h4-12,15,19-20H,3,13-14,25H2,1-2H3,(H,26,28). The summed E-state index contributed by atoms with van der Waals surface area (Å²) < 4.78 is 11.2. The lowest BCUT2D eigenvalue weighted by Gasteiger charge is -2.33. The van der Waals surface area contributed by atoms with Crippen molar-refractivity contribution in [1.82, 2.24) is 10.2 Å². The van der Waals surface area contributed by atoms with Gasteiger partial charge in [0.2, 0.25) is 5.91 Å². The summed E-state index contributed by atoms with van der Waals surface area (Å²) in [4.78, 5) is 25.2. The number of carbonyl (C=O) groups excluding carboxylic acids is 2. The van der Waals surface area contributed by atoms with Gasteiger partial charge in [-0.3, -0.25) is 9.59 Å². The highest BCUT2D eigenvalue weighted by Gasteiger charge is 2.30. The Morgan fingerprint density at radius 3 is 2.23 bits per heavy atom. The van der Waals surface area contributed by atoms with Crippen LogP contribution in [0.4, 0.5) is 0 Å². The lowest BCUT2D eigenvalue weighted by molar-refractivity contribution is -0.135. The van der Waals surface area contributed by atoms with Crippen LogP contribution in [0.5, 0.6) is 11.5 Å². The van der Waals surface area contributed by atoms with Gasteiger partial charge in [0, 0.05) is 13.2 Å². The number of nitrogens with zero attached hydrogens (tertiary/aromatic N) is 1. The number of ether oxygens (including phenoxy) is 2. The number of amides is 2. The molecule has 3 N–H and O–H groups in total. The topological polar surface area (TPSA) is 93.9 Å². The van der Waals surface area contributed by atoms with E-state index in [1.165, 1.54) is 4.90 Å². The zero-order chi connectivity index (χ0) is 22.8. The number of carbonyl (C=O) groups is 2. The van der Waals surface area contributed by atoms with Crippen molar-refractivity contribution in [1.29, 1.82) is 0 Å². The molecule has 168 valence electrons. The van der Waals surface area contributed by atoms with Gasteiger partial charge in [-0.2, -0.15) is 0 Å². The number of halogens is 2. The minimum absolute atomic E-state index is 0.175. The van der Waals surface area contributed by atoms with Crippen molar-refractivity contribution in [2.75, 3.05) is 19.8 Å².